The Kier molecular flexibility index (Phi) is 4.80. The fourth-order valence-electron chi connectivity index (χ4n) is 3.39. The van der Waals surface area contributed by atoms with Gasteiger partial charge in [0.2, 0.25) is 0 Å². The van der Waals surface area contributed by atoms with Gasteiger partial charge in [0.25, 0.3) is 5.56 Å². The molecule has 3 heterocycles. The van der Waals surface area contributed by atoms with E-state index in [1.807, 2.05) is 18.2 Å². The van der Waals surface area contributed by atoms with Gasteiger partial charge in [-0.25, -0.2) is 14.8 Å². The molecule has 0 unspecified atom stereocenters. The number of para-hydroxylation sites is 1. The van der Waals surface area contributed by atoms with Gasteiger partial charge in [0, 0.05) is 31.8 Å². The highest BCUT2D eigenvalue weighted by atomic mass is 32.2. The minimum atomic E-state index is -0.333. The molecule has 0 saturated carbocycles. The van der Waals surface area contributed by atoms with Crippen molar-refractivity contribution in [2.45, 2.75) is 24.9 Å². The van der Waals surface area contributed by atoms with Gasteiger partial charge in [0.05, 0.1) is 16.9 Å². The molecule has 4 rings (SSSR count). The highest BCUT2D eigenvalue weighted by Crippen LogP contribution is 2.24. The molecular formula is C20H21N5O2S. The second kappa shape index (κ2) is 7.27. The third-order valence-electron chi connectivity index (χ3n) is 4.88. The van der Waals surface area contributed by atoms with E-state index in [9.17, 15) is 9.59 Å². The molecular weight excluding hydrogens is 374 g/mol. The molecule has 0 saturated heterocycles. The number of aromatic nitrogens is 5. The summed E-state index contributed by atoms with van der Waals surface area (Å²) in [4.78, 5) is 34.1. The van der Waals surface area contributed by atoms with Gasteiger partial charge in [-0.05, 0) is 31.0 Å². The summed E-state index contributed by atoms with van der Waals surface area (Å²) in [6.45, 7) is 2.45. The third-order valence-corrected chi connectivity index (χ3v) is 5.87. The Morgan fingerprint density at radius 1 is 1.14 bits per heavy atom. The normalized spacial score (nSPS) is 11.5. The van der Waals surface area contributed by atoms with Crippen LogP contribution in [0, 0.1) is 6.92 Å². The van der Waals surface area contributed by atoms with E-state index in [1.165, 1.54) is 14.7 Å². The number of hydrogen-bond donors (Lipinski definition) is 0. The minimum Gasteiger partial charge on any atom is -0.328 e. The number of benzene rings is 1. The lowest BCUT2D eigenvalue weighted by atomic mass is 10.1. The van der Waals surface area contributed by atoms with Crippen LogP contribution < -0.4 is 11.2 Å². The zero-order valence-electron chi connectivity index (χ0n) is 16.0. The molecule has 7 nitrogen and oxygen atoms in total. The number of fused-ring (bicyclic) bond motifs is 2. The Labute approximate surface area is 165 Å². The van der Waals surface area contributed by atoms with Crippen molar-refractivity contribution in [1.82, 2.24) is 23.7 Å². The molecule has 3 aromatic heterocycles. The van der Waals surface area contributed by atoms with Crippen LogP contribution in [0.2, 0.25) is 0 Å². The van der Waals surface area contributed by atoms with Gasteiger partial charge < -0.3 is 4.57 Å². The van der Waals surface area contributed by atoms with Crippen LogP contribution in [0.3, 0.4) is 0 Å². The molecule has 0 spiro atoms. The number of rotatable bonds is 5. The molecule has 0 aliphatic carbocycles. The number of aryl methyl sites for hydroxylation is 3. The molecule has 0 aliphatic heterocycles. The number of imidazole rings is 1. The van der Waals surface area contributed by atoms with E-state index in [4.69, 9.17) is 4.98 Å². The van der Waals surface area contributed by atoms with Crippen molar-refractivity contribution in [2.75, 3.05) is 5.75 Å². The molecule has 0 fully saturated rings. The van der Waals surface area contributed by atoms with Gasteiger partial charge in [0.1, 0.15) is 0 Å². The number of pyridine rings is 1. The lowest BCUT2D eigenvalue weighted by Crippen LogP contribution is -2.39. The summed E-state index contributed by atoms with van der Waals surface area (Å²) in [5.41, 5.74) is 2.42. The molecule has 144 valence electrons. The number of hydrogen-bond acceptors (Lipinski definition) is 5. The van der Waals surface area contributed by atoms with E-state index in [1.54, 1.807) is 36.8 Å². The second-order valence-corrected chi connectivity index (χ2v) is 7.94. The average molecular weight is 395 g/mol. The lowest BCUT2D eigenvalue weighted by molar-refractivity contribution is 0.594. The van der Waals surface area contributed by atoms with Crippen LogP contribution in [-0.4, -0.2) is 29.4 Å². The van der Waals surface area contributed by atoms with E-state index in [0.29, 0.717) is 24.1 Å². The summed E-state index contributed by atoms with van der Waals surface area (Å²) in [5.74, 6) is 0.768. The molecule has 0 atom stereocenters. The highest BCUT2D eigenvalue weighted by molar-refractivity contribution is 7.99. The standard InChI is InChI=1S/C20H21N5O2S/c1-13-11-16(22-15-8-5-4-7-14(13)15)28-10-6-9-25-19(26)17-18(21-12-23(17)2)24(3)20(25)27/h4-5,7-8,11-12H,6,9-10H2,1-3H3. The Bertz CT molecular complexity index is 1300. The van der Waals surface area contributed by atoms with Crippen molar-refractivity contribution in [1.29, 1.82) is 0 Å². The summed E-state index contributed by atoms with van der Waals surface area (Å²) in [7, 11) is 3.40. The Balaban J connectivity index is 1.51. The second-order valence-electron chi connectivity index (χ2n) is 6.82. The Hall–Kier alpha value is -2.87. The van der Waals surface area contributed by atoms with Crippen molar-refractivity contribution in [2.24, 2.45) is 14.1 Å². The molecule has 0 bridgehead atoms. The predicted octanol–water partition coefficient (Wildman–Crippen LogP) is 2.47. The first kappa shape index (κ1) is 18.5. The first-order valence-electron chi connectivity index (χ1n) is 9.07. The summed E-state index contributed by atoms with van der Waals surface area (Å²) in [6, 6.07) is 10.2. The number of nitrogens with zero attached hydrogens (tertiary/aromatic N) is 5. The van der Waals surface area contributed by atoms with Crippen LogP contribution in [-0.2, 0) is 20.6 Å². The Morgan fingerprint density at radius 3 is 2.75 bits per heavy atom. The van der Waals surface area contributed by atoms with Crippen molar-refractivity contribution in [3.05, 3.63) is 63.1 Å². The average Bonchev–Trinajstić information content (AvgIpc) is 3.07. The molecule has 0 aliphatic rings. The lowest BCUT2D eigenvalue weighted by Gasteiger charge is -2.09. The SMILES string of the molecule is Cc1cc(SCCCn2c(=O)c3c(ncn3C)n(C)c2=O)nc2ccccc12. The van der Waals surface area contributed by atoms with Gasteiger partial charge in [-0.1, -0.05) is 18.2 Å². The molecule has 1 aromatic carbocycles. The van der Waals surface area contributed by atoms with E-state index in [2.05, 4.69) is 24.0 Å². The van der Waals surface area contributed by atoms with Crippen LogP contribution in [0.4, 0.5) is 0 Å². The van der Waals surface area contributed by atoms with E-state index >= 15 is 0 Å². The van der Waals surface area contributed by atoms with Crippen LogP contribution in [0.25, 0.3) is 22.1 Å². The summed E-state index contributed by atoms with van der Waals surface area (Å²) in [6.07, 6.45) is 2.25. The first-order chi connectivity index (χ1) is 13.5. The predicted molar refractivity (Wildman–Crippen MR) is 112 cm³/mol. The van der Waals surface area contributed by atoms with Gasteiger partial charge in [0.15, 0.2) is 11.2 Å². The van der Waals surface area contributed by atoms with Crippen LogP contribution >= 0.6 is 11.8 Å². The van der Waals surface area contributed by atoms with E-state index < -0.39 is 0 Å². The van der Waals surface area contributed by atoms with Crippen LogP contribution in [0.1, 0.15) is 12.0 Å². The first-order valence-corrected chi connectivity index (χ1v) is 10.1. The van der Waals surface area contributed by atoms with Crippen LogP contribution in [0.5, 0.6) is 0 Å². The topological polar surface area (TPSA) is 74.7 Å². The largest absolute Gasteiger partial charge is 0.332 e. The van der Waals surface area contributed by atoms with Gasteiger partial charge in [-0.15, -0.1) is 11.8 Å². The van der Waals surface area contributed by atoms with Crippen LogP contribution in [0.15, 0.2) is 51.3 Å². The quantitative estimate of drug-likeness (QED) is 0.383. The van der Waals surface area contributed by atoms with Gasteiger partial charge in [-0.3, -0.25) is 13.9 Å². The zero-order valence-corrected chi connectivity index (χ0v) is 16.9. The molecule has 0 N–H and O–H groups in total. The van der Waals surface area contributed by atoms with Crippen molar-refractivity contribution in [3.8, 4) is 0 Å². The maximum absolute atomic E-state index is 12.7. The van der Waals surface area contributed by atoms with Crippen molar-refractivity contribution in [3.63, 3.8) is 0 Å². The van der Waals surface area contributed by atoms with Gasteiger partial charge >= 0.3 is 5.69 Å². The maximum Gasteiger partial charge on any atom is 0.332 e. The van der Waals surface area contributed by atoms with Gasteiger partial charge in [-0.2, -0.15) is 0 Å². The maximum atomic E-state index is 12.7. The molecule has 4 aromatic rings. The molecule has 0 radical (unpaired) electrons. The smallest absolute Gasteiger partial charge is 0.328 e. The third kappa shape index (κ3) is 3.13. The fraction of sp³-hybridized carbons (Fsp3) is 0.300. The fourth-order valence-corrected chi connectivity index (χ4v) is 4.29. The van der Waals surface area contributed by atoms with E-state index in [-0.39, 0.29) is 11.2 Å². The molecule has 8 heteroatoms. The monoisotopic (exact) mass is 395 g/mol. The molecule has 0 amide bonds. The van der Waals surface area contributed by atoms with E-state index in [0.717, 1.165) is 21.7 Å². The summed E-state index contributed by atoms with van der Waals surface area (Å²) >= 11 is 1.64. The molecule has 28 heavy (non-hydrogen) atoms. The Morgan fingerprint density at radius 2 is 1.93 bits per heavy atom. The minimum absolute atomic E-state index is 0.289. The van der Waals surface area contributed by atoms with Crippen molar-refractivity contribution >= 4 is 33.8 Å². The van der Waals surface area contributed by atoms with Crippen molar-refractivity contribution < 1.29 is 0 Å². The number of thioether (sulfide) groups is 1. The summed E-state index contributed by atoms with van der Waals surface area (Å²) < 4.78 is 4.38. The highest BCUT2D eigenvalue weighted by Gasteiger charge is 2.14. The summed E-state index contributed by atoms with van der Waals surface area (Å²) in [5, 5.41) is 2.12. The zero-order chi connectivity index (χ0) is 19.8.